The smallest absolute Gasteiger partial charge is 0.433 e. The normalized spacial score (nSPS) is 11.5. The van der Waals surface area contributed by atoms with Crippen LogP contribution in [0, 0.1) is 0 Å². The van der Waals surface area contributed by atoms with Crippen molar-refractivity contribution in [3.63, 3.8) is 0 Å². The third-order valence-corrected chi connectivity index (χ3v) is 4.46. The van der Waals surface area contributed by atoms with Crippen molar-refractivity contribution >= 4 is 28.7 Å². The SMILES string of the molecule is O=C(Nc1ccc(Oc2cc(C(F)(F)F)nc3ncnn23)cc1)c1cccs1. The fourth-order valence-electron chi connectivity index (χ4n) is 2.33. The van der Waals surface area contributed by atoms with E-state index in [9.17, 15) is 18.0 Å². The predicted octanol–water partition coefficient (Wildman–Crippen LogP) is 4.25. The Balaban J connectivity index is 1.56. The number of anilines is 1. The lowest BCUT2D eigenvalue weighted by Crippen LogP contribution is -2.11. The molecule has 4 rings (SSSR count). The van der Waals surface area contributed by atoms with Gasteiger partial charge in [-0.3, -0.25) is 4.79 Å². The summed E-state index contributed by atoms with van der Waals surface area (Å²) >= 11 is 1.31. The molecule has 0 fully saturated rings. The van der Waals surface area contributed by atoms with Gasteiger partial charge in [-0.25, -0.2) is 4.98 Å². The third-order valence-electron chi connectivity index (χ3n) is 3.59. The van der Waals surface area contributed by atoms with Gasteiger partial charge in [-0.05, 0) is 35.7 Å². The first-order valence-electron chi connectivity index (χ1n) is 7.81. The van der Waals surface area contributed by atoms with Crippen LogP contribution in [-0.2, 0) is 6.18 Å². The molecule has 3 aromatic heterocycles. The van der Waals surface area contributed by atoms with Gasteiger partial charge in [0.2, 0.25) is 5.88 Å². The zero-order chi connectivity index (χ0) is 19.7. The van der Waals surface area contributed by atoms with Crippen LogP contribution in [0.2, 0.25) is 0 Å². The molecule has 0 atom stereocenters. The topological polar surface area (TPSA) is 81.4 Å². The summed E-state index contributed by atoms with van der Waals surface area (Å²) in [6.45, 7) is 0. The summed E-state index contributed by atoms with van der Waals surface area (Å²) in [6.07, 6.45) is -3.57. The average molecular weight is 405 g/mol. The summed E-state index contributed by atoms with van der Waals surface area (Å²) in [5.41, 5.74) is -0.620. The molecule has 0 saturated carbocycles. The van der Waals surface area contributed by atoms with Crippen LogP contribution in [0.4, 0.5) is 18.9 Å². The number of alkyl halides is 3. The van der Waals surface area contributed by atoms with E-state index >= 15 is 0 Å². The van der Waals surface area contributed by atoms with Gasteiger partial charge in [0, 0.05) is 11.8 Å². The number of thiophene rings is 1. The quantitative estimate of drug-likeness (QED) is 0.549. The van der Waals surface area contributed by atoms with Crippen molar-refractivity contribution in [2.75, 3.05) is 5.32 Å². The van der Waals surface area contributed by atoms with Crippen LogP contribution in [0.5, 0.6) is 11.6 Å². The van der Waals surface area contributed by atoms with Gasteiger partial charge in [-0.2, -0.15) is 27.8 Å². The minimum absolute atomic E-state index is 0.190. The Hall–Kier alpha value is -3.47. The third kappa shape index (κ3) is 3.64. The number of benzene rings is 1. The lowest BCUT2D eigenvalue weighted by atomic mass is 10.3. The first-order valence-corrected chi connectivity index (χ1v) is 8.69. The van der Waals surface area contributed by atoms with E-state index in [1.165, 1.54) is 23.5 Å². The van der Waals surface area contributed by atoms with Crippen molar-refractivity contribution in [3.8, 4) is 11.6 Å². The molecule has 142 valence electrons. The number of aromatic nitrogens is 4. The van der Waals surface area contributed by atoms with Gasteiger partial charge in [-0.15, -0.1) is 11.3 Å². The molecule has 7 nitrogen and oxygen atoms in total. The monoisotopic (exact) mass is 405 g/mol. The fourth-order valence-corrected chi connectivity index (χ4v) is 2.95. The highest BCUT2D eigenvalue weighted by atomic mass is 32.1. The molecule has 0 spiro atoms. The van der Waals surface area contributed by atoms with Crippen LogP contribution in [0.15, 0.2) is 54.2 Å². The van der Waals surface area contributed by atoms with E-state index < -0.39 is 11.9 Å². The van der Waals surface area contributed by atoms with E-state index in [1.807, 2.05) is 0 Å². The number of amides is 1. The summed E-state index contributed by atoms with van der Waals surface area (Å²) in [7, 11) is 0. The average Bonchev–Trinajstić information content (AvgIpc) is 3.34. The highest BCUT2D eigenvalue weighted by Gasteiger charge is 2.34. The zero-order valence-electron chi connectivity index (χ0n) is 13.8. The van der Waals surface area contributed by atoms with Crippen LogP contribution in [-0.4, -0.2) is 25.5 Å². The summed E-state index contributed by atoms with van der Waals surface area (Å²) in [5, 5.41) is 8.33. The number of ether oxygens (including phenoxy) is 1. The Kier molecular flexibility index (Phi) is 4.43. The Bertz CT molecular complexity index is 1120. The molecule has 0 aliphatic rings. The van der Waals surface area contributed by atoms with E-state index in [1.54, 1.807) is 29.6 Å². The van der Waals surface area contributed by atoms with Gasteiger partial charge in [0.15, 0.2) is 5.69 Å². The lowest BCUT2D eigenvalue weighted by molar-refractivity contribution is -0.141. The molecule has 0 saturated heterocycles. The molecule has 0 unspecified atom stereocenters. The van der Waals surface area contributed by atoms with Crippen molar-refractivity contribution in [3.05, 3.63) is 64.7 Å². The molecule has 0 radical (unpaired) electrons. The Morgan fingerprint density at radius 1 is 1.18 bits per heavy atom. The number of carbonyl (C=O) groups is 1. The first-order chi connectivity index (χ1) is 13.4. The molecule has 1 N–H and O–H groups in total. The highest BCUT2D eigenvalue weighted by Crippen LogP contribution is 2.32. The van der Waals surface area contributed by atoms with Crippen LogP contribution in [0.25, 0.3) is 5.78 Å². The van der Waals surface area contributed by atoms with Crippen LogP contribution in [0.3, 0.4) is 0 Å². The van der Waals surface area contributed by atoms with Gasteiger partial charge in [0.1, 0.15) is 12.1 Å². The maximum absolute atomic E-state index is 13.0. The number of halogens is 3. The lowest BCUT2D eigenvalue weighted by Gasteiger charge is -2.11. The van der Waals surface area contributed by atoms with Gasteiger partial charge in [0.05, 0.1) is 4.88 Å². The Morgan fingerprint density at radius 3 is 2.64 bits per heavy atom. The van der Waals surface area contributed by atoms with E-state index in [4.69, 9.17) is 4.74 Å². The summed E-state index contributed by atoms with van der Waals surface area (Å²) in [5.74, 6) is -0.419. The maximum atomic E-state index is 13.0. The second kappa shape index (κ2) is 6.93. The Labute approximate surface area is 159 Å². The van der Waals surface area contributed by atoms with Crippen molar-refractivity contribution < 1.29 is 22.7 Å². The maximum Gasteiger partial charge on any atom is 0.433 e. The van der Waals surface area contributed by atoms with Crippen molar-refractivity contribution in [1.82, 2.24) is 19.6 Å². The minimum atomic E-state index is -4.65. The van der Waals surface area contributed by atoms with Gasteiger partial charge in [0.25, 0.3) is 11.7 Å². The number of rotatable bonds is 4. The molecular weight excluding hydrogens is 395 g/mol. The molecule has 1 amide bonds. The van der Waals surface area contributed by atoms with Crippen LogP contribution < -0.4 is 10.1 Å². The molecule has 0 aliphatic heterocycles. The van der Waals surface area contributed by atoms with Gasteiger partial charge < -0.3 is 10.1 Å². The predicted molar refractivity (Wildman–Crippen MR) is 94.6 cm³/mol. The molecule has 11 heteroatoms. The van der Waals surface area contributed by atoms with E-state index in [0.717, 1.165) is 16.9 Å². The minimum Gasteiger partial charge on any atom is -0.439 e. The number of nitrogens with zero attached hydrogens (tertiary/aromatic N) is 4. The second-order valence-corrected chi connectivity index (χ2v) is 6.45. The second-order valence-electron chi connectivity index (χ2n) is 5.51. The number of hydrogen-bond acceptors (Lipinski definition) is 6. The number of fused-ring (bicyclic) bond motifs is 1. The molecule has 4 aromatic rings. The van der Waals surface area contributed by atoms with E-state index in [-0.39, 0.29) is 23.3 Å². The van der Waals surface area contributed by atoms with Crippen molar-refractivity contribution in [1.29, 1.82) is 0 Å². The standard InChI is InChI=1S/C17H10F3N5O2S/c18-17(19,20)13-8-14(25-16(24-13)21-9-22-25)27-11-5-3-10(4-6-11)23-15(26)12-2-1-7-28-12/h1-9H,(H,23,26). The summed E-state index contributed by atoms with van der Waals surface area (Å²) in [6, 6.07) is 10.4. The van der Waals surface area contributed by atoms with E-state index in [2.05, 4.69) is 20.4 Å². The zero-order valence-corrected chi connectivity index (χ0v) is 14.7. The molecule has 28 heavy (non-hydrogen) atoms. The fraction of sp³-hybridized carbons (Fsp3) is 0.0588. The molecule has 3 heterocycles. The highest BCUT2D eigenvalue weighted by molar-refractivity contribution is 7.12. The summed E-state index contributed by atoms with van der Waals surface area (Å²) in [4.78, 5) is 19.7. The van der Waals surface area contributed by atoms with Crippen LogP contribution in [0.1, 0.15) is 15.4 Å². The first kappa shape index (κ1) is 17.9. The van der Waals surface area contributed by atoms with Crippen LogP contribution >= 0.6 is 11.3 Å². The number of carbonyl (C=O) groups excluding carboxylic acids is 1. The Morgan fingerprint density at radius 2 is 1.96 bits per heavy atom. The molecule has 0 aliphatic carbocycles. The largest absolute Gasteiger partial charge is 0.439 e. The van der Waals surface area contributed by atoms with Crippen molar-refractivity contribution in [2.24, 2.45) is 0 Å². The van der Waals surface area contributed by atoms with Crippen molar-refractivity contribution in [2.45, 2.75) is 6.18 Å². The number of nitrogens with one attached hydrogen (secondary N) is 1. The van der Waals surface area contributed by atoms with E-state index in [0.29, 0.717) is 10.6 Å². The van der Waals surface area contributed by atoms with Gasteiger partial charge in [-0.1, -0.05) is 6.07 Å². The molecule has 1 aromatic carbocycles. The molecular formula is C17H10F3N5O2S. The number of hydrogen-bond donors (Lipinski definition) is 1. The summed E-state index contributed by atoms with van der Waals surface area (Å²) < 4.78 is 45.6. The molecule has 0 bridgehead atoms. The van der Waals surface area contributed by atoms with Gasteiger partial charge >= 0.3 is 6.18 Å².